The third-order valence-corrected chi connectivity index (χ3v) is 2.08. The molecular formula is C10H16N4. The van der Waals surface area contributed by atoms with Gasteiger partial charge in [0.1, 0.15) is 0 Å². The third kappa shape index (κ3) is 2.86. The molecule has 0 aliphatic heterocycles. The second kappa shape index (κ2) is 5.40. The molecule has 0 aliphatic rings. The van der Waals surface area contributed by atoms with E-state index in [-0.39, 0.29) is 5.92 Å². The summed E-state index contributed by atoms with van der Waals surface area (Å²) in [6.07, 6.45) is 1.80. The number of nitriles is 1. The Morgan fingerprint density at radius 1 is 1.71 bits per heavy atom. The molecule has 0 saturated heterocycles. The molecule has 0 aromatic carbocycles. The van der Waals surface area contributed by atoms with Gasteiger partial charge >= 0.3 is 0 Å². The van der Waals surface area contributed by atoms with Gasteiger partial charge < -0.3 is 5.32 Å². The summed E-state index contributed by atoms with van der Waals surface area (Å²) in [5, 5.41) is 16.0. The fraction of sp³-hybridized carbons (Fsp3) is 0.600. The maximum absolute atomic E-state index is 8.59. The highest BCUT2D eigenvalue weighted by atomic mass is 15.3. The van der Waals surface area contributed by atoms with Gasteiger partial charge in [0, 0.05) is 25.8 Å². The van der Waals surface area contributed by atoms with Gasteiger partial charge in [-0.05, 0) is 19.9 Å². The van der Waals surface area contributed by atoms with Crippen molar-refractivity contribution in [2.45, 2.75) is 26.9 Å². The molecule has 0 fully saturated rings. The second-order valence-corrected chi connectivity index (χ2v) is 3.30. The fourth-order valence-electron chi connectivity index (χ4n) is 1.26. The molecule has 0 aliphatic carbocycles. The molecule has 0 bridgehead atoms. The van der Waals surface area contributed by atoms with Gasteiger partial charge in [0.2, 0.25) is 0 Å². The molecule has 1 atom stereocenters. The molecule has 4 heteroatoms. The highest BCUT2D eigenvalue weighted by Crippen LogP contribution is 1.98. The third-order valence-electron chi connectivity index (χ3n) is 2.08. The molecular weight excluding hydrogens is 176 g/mol. The number of nitrogens with one attached hydrogen (secondary N) is 1. The molecule has 1 heterocycles. The van der Waals surface area contributed by atoms with Crippen LogP contribution in [0.15, 0.2) is 12.3 Å². The van der Waals surface area contributed by atoms with Crippen LogP contribution in [0.4, 0.5) is 0 Å². The van der Waals surface area contributed by atoms with Gasteiger partial charge in [-0.15, -0.1) is 0 Å². The van der Waals surface area contributed by atoms with Gasteiger partial charge in [-0.3, -0.25) is 4.68 Å². The van der Waals surface area contributed by atoms with Crippen molar-refractivity contribution in [1.29, 1.82) is 5.26 Å². The Hall–Kier alpha value is -1.34. The highest BCUT2D eigenvalue weighted by Gasteiger charge is 2.01. The lowest BCUT2D eigenvalue weighted by atomic mass is 10.2. The van der Waals surface area contributed by atoms with Crippen LogP contribution >= 0.6 is 0 Å². The fourth-order valence-corrected chi connectivity index (χ4v) is 1.26. The van der Waals surface area contributed by atoms with Gasteiger partial charge in [-0.2, -0.15) is 10.4 Å². The summed E-state index contributed by atoms with van der Waals surface area (Å²) < 4.78 is 1.95. The summed E-state index contributed by atoms with van der Waals surface area (Å²) in [5.41, 5.74) is 1.16. The van der Waals surface area contributed by atoms with Gasteiger partial charge in [0.15, 0.2) is 0 Å². The van der Waals surface area contributed by atoms with Crippen LogP contribution in [0.25, 0.3) is 0 Å². The van der Waals surface area contributed by atoms with Crippen molar-refractivity contribution >= 4 is 0 Å². The van der Waals surface area contributed by atoms with E-state index in [4.69, 9.17) is 5.26 Å². The van der Waals surface area contributed by atoms with E-state index in [0.717, 1.165) is 25.3 Å². The van der Waals surface area contributed by atoms with E-state index in [1.54, 1.807) is 6.20 Å². The lowest BCUT2D eigenvalue weighted by Crippen LogP contribution is -2.21. The zero-order valence-electron chi connectivity index (χ0n) is 8.70. The predicted molar refractivity (Wildman–Crippen MR) is 54.4 cm³/mol. The quantitative estimate of drug-likeness (QED) is 0.761. The lowest BCUT2D eigenvalue weighted by Gasteiger charge is -2.07. The van der Waals surface area contributed by atoms with Gasteiger partial charge in [0.05, 0.1) is 17.7 Å². The Bertz CT molecular complexity index is 310. The average molecular weight is 192 g/mol. The predicted octanol–water partition coefficient (Wildman–Crippen LogP) is 1.15. The van der Waals surface area contributed by atoms with E-state index in [1.165, 1.54) is 0 Å². The van der Waals surface area contributed by atoms with Crippen LogP contribution in [0.5, 0.6) is 0 Å². The van der Waals surface area contributed by atoms with Crippen LogP contribution in [0, 0.1) is 17.2 Å². The summed E-state index contributed by atoms with van der Waals surface area (Å²) >= 11 is 0. The van der Waals surface area contributed by atoms with Gasteiger partial charge in [-0.25, -0.2) is 0 Å². The molecule has 0 saturated carbocycles. The highest BCUT2D eigenvalue weighted by molar-refractivity contribution is 5.00. The van der Waals surface area contributed by atoms with Crippen LogP contribution in [-0.2, 0) is 13.1 Å². The topological polar surface area (TPSA) is 53.6 Å². The van der Waals surface area contributed by atoms with Crippen molar-refractivity contribution < 1.29 is 0 Å². The van der Waals surface area contributed by atoms with E-state index in [9.17, 15) is 0 Å². The Labute approximate surface area is 84.5 Å². The summed E-state index contributed by atoms with van der Waals surface area (Å²) in [6.45, 7) is 6.36. The Kier molecular flexibility index (Phi) is 4.14. The maximum Gasteiger partial charge on any atom is 0.0666 e. The molecule has 0 radical (unpaired) electrons. The minimum atomic E-state index is 0.0630. The first-order valence-corrected chi connectivity index (χ1v) is 4.89. The Balaban J connectivity index is 2.35. The number of rotatable bonds is 5. The molecule has 1 N–H and O–H groups in total. The van der Waals surface area contributed by atoms with Crippen LogP contribution < -0.4 is 5.32 Å². The molecule has 1 unspecified atom stereocenters. The first kappa shape index (κ1) is 10.7. The van der Waals surface area contributed by atoms with E-state index in [0.29, 0.717) is 0 Å². The first-order valence-electron chi connectivity index (χ1n) is 4.89. The first-order chi connectivity index (χ1) is 6.77. The molecule has 0 amide bonds. The molecule has 1 aromatic heterocycles. The zero-order valence-corrected chi connectivity index (χ0v) is 8.70. The zero-order chi connectivity index (χ0) is 10.4. The normalized spacial score (nSPS) is 12.4. The molecule has 1 rings (SSSR count). The molecule has 1 aromatic rings. The molecule has 4 nitrogen and oxygen atoms in total. The van der Waals surface area contributed by atoms with Crippen molar-refractivity contribution in [2.24, 2.45) is 5.92 Å². The number of nitrogens with zero attached hydrogens (tertiary/aromatic N) is 3. The van der Waals surface area contributed by atoms with E-state index in [2.05, 4.69) is 23.4 Å². The van der Waals surface area contributed by atoms with Crippen molar-refractivity contribution in [3.63, 3.8) is 0 Å². The smallest absolute Gasteiger partial charge is 0.0666 e. The minimum Gasteiger partial charge on any atom is -0.310 e. The number of aryl methyl sites for hydroxylation is 1. The lowest BCUT2D eigenvalue weighted by molar-refractivity contribution is 0.553. The largest absolute Gasteiger partial charge is 0.310 e. The molecule has 0 spiro atoms. The summed E-state index contributed by atoms with van der Waals surface area (Å²) in [6, 6.07) is 4.18. The minimum absolute atomic E-state index is 0.0630. The van der Waals surface area contributed by atoms with Crippen LogP contribution in [0.1, 0.15) is 19.5 Å². The number of hydrogen-bond acceptors (Lipinski definition) is 3. The van der Waals surface area contributed by atoms with Crippen molar-refractivity contribution in [3.05, 3.63) is 18.0 Å². The van der Waals surface area contributed by atoms with E-state index in [1.807, 2.05) is 17.7 Å². The molecule has 14 heavy (non-hydrogen) atoms. The van der Waals surface area contributed by atoms with E-state index >= 15 is 0 Å². The molecule has 76 valence electrons. The summed E-state index contributed by atoms with van der Waals surface area (Å²) in [4.78, 5) is 0. The second-order valence-electron chi connectivity index (χ2n) is 3.30. The van der Waals surface area contributed by atoms with Gasteiger partial charge in [0.25, 0.3) is 0 Å². The van der Waals surface area contributed by atoms with Crippen molar-refractivity contribution in [1.82, 2.24) is 15.1 Å². The van der Waals surface area contributed by atoms with Crippen molar-refractivity contribution in [3.8, 4) is 6.07 Å². The van der Waals surface area contributed by atoms with Crippen LogP contribution in [0.3, 0.4) is 0 Å². The van der Waals surface area contributed by atoms with Crippen molar-refractivity contribution in [2.75, 3.05) is 6.54 Å². The monoisotopic (exact) mass is 192 g/mol. The summed E-state index contributed by atoms with van der Waals surface area (Å²) in [5.74, 6) is 0.0630. The Morgan fingerprint density at radius 3 is 3.14 bits per heavy atom. The SMILES string of the molecule is CCn1nccc1CNCC(C)C#N. The number of aromatic nitrogens is 2. The van der Waals surface area contributed by atoms with E-state index < -0.39 is 0 Å². The standard InChI is InChI=1S/C10H16N4/c1-3-14-10(4-5-13-14)8-12-7-9(2)6-11/h4-5,9,12H,3,7-8H2,1-2H3. The Morgan fingerprint density at radius 2 is 2.50 bits per heavy atom. The van der Waals surface area contributed by atoms with Gasteiger partial charge in [-0.1, -0.05) is 0 Å². The number of hydrogen-bond donors (Lipinski definition) is 1. The maximum atomic E-state index is 8.59. The van der Waals surface area contributed by atoms with Crippen LogP contribution in [-0.4, -0.2) is 16.3 Å². The average Bonchev–Trinajstić information content (AvgIpc) is 2.65. The summed E-state index contributed by atoms with van der Waals surface area (Å²) in [7, 11) is 0. The van der Waals surface area contributed by atoms with Crippen LogP contribution in [0.2, 0.25) is 0 Å².